The Morgan fingerprint density at radius 3 is 2.23 bits per heavy atom. The Labute approximate surface area is 265 Å². The second-order valence-corrected chi connectivity index (χ2v) is 13.5. The van der Waals surface area contributed by atoms with Crippen LogP contribution in [0.5, 0.6) is 11.5 Å². The molecule has 1 atom stereocenters. The van der Waals surface area contributed by atoms with Crippen LogP contribution in [0.4, 0.5) is 5.69 Å². The average Bonchev–Trinajstić information content (AvgIpc) is 3.50. The van der Waals surface area contributed by atoms with Gasteiger partial charge in [0.15, 0.2) is 11.5 Å². The monoisotopic (exact) mass is 641 g/mol. The average molecular weight is 642 g/mol. The van der Waals surface area contributed by atoms with E-state index in [1.165, 1.54) is 37.3 Å². The van der Waals surface area contributed by atoms with Gasteiger partial charge in [-0.25, -0.2) is 8.42 Å². The van der Waals surface area contributed by atoms with Crippen molar-refractivity contribution in [2.75, 3.05) is 25.1 Å². The number of sulfonamides is 1. The predicted molar refractivity (Wildman–Crippen MR) is 172 cm³/mol. The van der Waals surface area contributed by atoms with Crippen molar-refractivity contribution in [3.63, 3.8) is 0 Å². The Morgan fingerprint density at radius 1 is 0.955 bits per heavy atom. The number of nitrogens with one attached hydrogen (secondary N) is 1. The molecular weight excluding hydrogens is 602 g/mol. The Morgan fingerprint density at radius 2 is 1.61 bits per heavy atom. The minimum Gasteiger partial charge on any atom is -0.493 e. The molecule has 1 fully saturated rings. The van der Waals surface area contributed by atoms with Crippen molar-refractivity contribution in [3.05, 3.63) is 82.4 Å². The number of methoxy groups -OCH3 is 2. The SMILES string of the molecule is COc1ccc(S(=O)(=O)N(CC(=O)N(Cc2cccc(Cl)c2)C(C)C(=O)NC2CCCC2)c2cc(C)cc(C)c2)cc1OC. The maximum Gasteiger partial charge on any atom is 0.264 e. The Kier molecular flexibility index (Phi) is 10.8. The van der Waals surface area contributed by atoms with Gasteiger partial charge in [0, 0.05) is 23.7 Å². The lowest BCUT2D eigenvalue weighted by Gasteiger charge is -2.32. The van der Waals surface area contributed by atoms with E-state index >= 15 is 0 Å². The van der Waals surface area contributed by atoms with Crippen molar-refractivity contribution in [1.82, 2.24) is 10.2 Å². The first-order valence-electron chi connectivity index (χ1n) is 14.6. The number of anilines is 1. The lowest BCUT2D eigenvalue weighted by Crippen LogP contribution is -2.52. The van der Waals surface area contributed by atoms with Gasteiger partial charge in [0.2, 0.25) is 11.8 Å². The van der Waals surface area contributed by atoms with Gasteiger partial charge in [-0.1, -0.05) is 42.6 Å². The molecule has 44 heavy (non-hydrogen) atoms. The van der Waals surface area contributed by atoms with Gasteiger partial charge in [-0.15, -0.1) is 0 Å². The summed E-state index contributed by atoms with van der Waals surface area (Å²) in [5.41, 5.74) is 2.71. The summed E-state index contributed by atoms with van der Waals surface area (Å²) in [5, 5.41) is 3.57. The largest absolute Gasteiger partial charge is 0.493 e. The number of benzene rings is 3. The summed E-state index contributed by atoms with van der Waals surface area (Å²) < 4.78 is 40.3. The first-order valence-corrected chi connectivity index (χ1v) is 16.4. The molecule has 9 nitrogen and oxygen atoms in total. The highest BCUT2D eigenvalue weighted by molar-refractivity contribution is 7.92. The maximum atomic E-state index is 14.3. The smallest absolute Gasteiger partial charge is 0.264 e. The number of ether oxygens (including phenoxy) is 2. The molecule has 4 rings (SSSR count). The third kappa shape index (κ3) is 7.84. The molecule has 0 saturated heterocycles. The summed E-state index contributed by atoms with van der Waals surface area (Å²) in [4.78, 5) is 29.0. The topological polar surface area (TPSA) is 105 Å². The summed E-state index contributed by atoms with van der Waals surface area (Å²) >= 11 is 6.24. The zero-order chi connectivity index (χ0) is 32.0. The van der Waals surface area contributed by atoms with E-state index in [-0.39, 0.29) is 29.1 Å². The molecule has 3 aromatic carbocycles. The standard InChI is InChI=1S/C33H40ClN3O6S/c1-22-15-23(2)17-28(16-22)37(44(40,41)29-13-14-30(42-4)31(19-29)43-5)21-32(38)36(20-25-9-8-10-26(34)18-25)24(3)33(39)35-27-11-6-7-12-27/h8-10,13-19,24,27H,6-7,11-12,20-21H2,1-5H3,(H,35,39). The maximum absolute atomic E-state index is 14.3. The number of halogens is 1. The van der Waals surface area contributed by atoms with Gasteiger partial charge in [-0.2, -0.15) is 0 Å². The van der Waals surface area contributed by atoms with E-state index in [1.807, 2.05) is 26.0 Å². The number of rotatable bonds is 12. The molecule has 0 bridgehead atoms. The van der Waals surface area contributed by atoms with Gasteiger partial charge in [-0.3, -0.25) is 13.9 Å². The van der Waals surface area contributed by atoms with Crippen molar-refractivity contribution in [3.8, 4) is 11.5 Å². The summed E-state index contributed by atoms with van der Waals surface area (Å²) in [6.07, 6.45) is 3.88. The summed E-state index contributed by atoms with van der Waals surface area (Å²) in [6.45, 7) is 4.91. The van der Waals surface area contributed by atoms with Gasteiger partial charge in [0.1, 0.15) is 12.6 Å². The molecule has 0 heterocycles. The van der Waals surface area contributed by atoms with Crippen LogP contribution in [0.1, 0.15) is 49.3 Å². The highest BCUT2D eigenvalue weighted by Crippen LogP contribution is 2.33. The lowest BCUT2D eigenvalue weighted by atomic mass is 10.1. The Hall–Kier alpha value is -3.76. The number of amides is 2. The molecule has 3 aromatic rings. The molecule has 1 aliphatic rings. The van der Waals surface area contributed by atoms with E-state index in [4.69, 9.17) is 21.1 Å². The van der Waals surface area contributed by atoms with E-state index in [9.17, 15) is 18.0 Å². The van der Waals surface area contributed by atoms with E-state index in [1.54, 1.807) is 37.3 Å². The van der Waals surface area contributed by atoms with Crippen LogP contribution in [0.2, 0.25) is 5.02 Å². The minimum absolute atomic E-state index is 0.0604. The quantitative estimate of drug-likeness (QED) is 0.274. The lowest BCUT2D eigenvalue weighted by molar-refractivity contribution is -0.139. The number of nitrogens with zero attached hydrogens (tertiary/aromatic N) is 2. The fourth-order valence-electron chi connectivity index (χ4n) is 5.53. The van der Waals surface area contributed by atoms with E-state index < -0.39 is 28.5 Å². The van der Waals surface area contributed by atoms with Crippen molar-refractivity contribution in [1.29, 1.82) is 0 Å². The van der Waals surface area contributed by atoms with E-state index in [0.29, 0.717) is 22.0 Å². The summed E-state index contributed by atoms with van der Waals surface area (Å²) in [6, 6.07) is 15.9. The highest BCUT2D eigenvalue weighted by atomic mass is 35.5. The van der Waals surface area contributed by atoms with Gasteiger partial charge in [-0.05, 0) is 86.7 Å². The van der Waals surface area contributed by atoms with Crippen molar-refractivity contribution in [2.24, 2.45) is 0 Å². The van der Waals surface area contributed by atoms with Gasteiger partial charge in [0.05, 0.1) is 24.8 Å². The molecule has 236 valence electrons. The Balaban J connectivity index is 1.75. The second kappa shape index (κ2) is 14.3. The number of aryl methyl sites for hydroxylation is 2. The normalized spacial score (nSPS) is 14.1. The van der Waals surface area contributed by atoms with Crippen molar-refractivity contribution >= 4 is 39.1 Å². The van der Waals surface area contributed by atoms with Gasteiger partial charge in [0.25, 0.3) is 10.0 Å². The van der Waals surface area contributed by atoms with Crippen LogP contribution < -0.4 is 19.1 Å². The number of carbonyl (C=O) groups is 2. The molecular formula is C33H40ClN3O6S. The molecule has 11 heteroatoms. The van der Waals surface area contributed by atoms with Crippen LogP contribution in [0, 0.1) is 13.8 Å². The molecule has 1 unspecified atom stereocenters. The van der Waals surface area contributed by atoms with Gasteiger partial charge >= 0.3 is 0 Å². The second-order valence-electron chi connectivity index (χ2n) is 11.2. The zero-order valence-electron chi connectivity index (χ0n) is 25.8. The van der Waals surface area contributed by atoms with Crippen molar-refractivity contribution in [2.45, 2.75) is 70.0 Å². The third-order valence-electron chi connectivity index (χ3n) is 7.83. The fraction of sp³-hybridized carbons (Fsp3) is 0.394. The zero-order valence-corrected chi connectivity index (χ0v) is 27.4. The van der Waals surface area contributed by atoms with Crippen LogP contribution in [-0.4, -0.2) is 58.0 Å². The number of hydrogen-bond acceptors (Lipinski definition) is 6. The number of carbonyl (C=O) groups excluding carboxylic acids is 2. The first-order chi connectivity index (χ1) is 20.9. The third-order valence-corrected chi connectivity index (χ3v) is 9.83. The minimum atomic E-state index is -4.29. The molecule has 0 aliphatic heterocycles. The summed E-state index contributed by atoms with van der Waals surface area (Å²) in [7, 11) is -1.40. The highest BCUT2D eigenvalue weighted by Gasteiger charge is 2.34. The van der Waals surface area contributed by atoms with E-state index in [0.717, 1.165) is 41.1 Å². The predicted octanol–water partition coefficient (Wildman–Crippen LogP) is 5.65. The van der Waals surface area contributed by atoms with E-state index in [2.05, 4.69) is 5.32 Å². The van der Waals surface area contributed by atoms with Crippen LogP contribution in [0.25, 0.3) is 0 Å². The van der Waals surface area contributed by atoms with Crippen LogP contribution in [-0.2, 0) is 26.2 Å². The molecule has 2 amide bonds. The molecule has 1 aliphatic carbocycles. The molecule has 0 spiro atoms. The first kappa shape index (κ1) is 33.1. The molecule has 1 saturated carbocycles. The molecule has 0 aromatic heterocycles. The Bertz CT molecular complexity index is 1590. The molecule has 1 N–H and O–H groups in total. The van der Waals surface area contributed by atoms with Crippen LogP contribution in [0.15, 0.2) is 65.6 Å². The van der Waals surface area contributed by atoms with Crippen LogP contribution >= 0.6 is 11.6 Å². The molecule has 0 radical (unpaired) electrons. The van der Waals surface area contributed by atoms with Gasteiger partial charge < -0.3 is 19.7 Å². The fourth-order valence-corrected chi connectivity index (χ4v) is 7.16. The van der Waals surface area contributed by atoms with Crippen molar-refractivity contribution < 1.29 is 27.5 Å². The number of hydrogen-bond donors (Lipinski definition) is 1. The van der Waals surface area contributed by atoms with Crippen LogP contribution in [0.3, 0.4) is 0 Å². The summed E-state index contributed by atoms with van der Waals surface area (Å²) in [5.74, 6) is -0.217.